The van der Waals surface area contributed by atoms with Gasteiger partial charge in [-0.1, -0.05) is 18.6 Å². The summed E-state index contributed by atoms with van der Waals surface area (Å²) in [5.41, 5.74) is 2.54. The maximum atomic E-state index is 4.23. The molecule has 1 heterocycles. The lowest BCUT2D eigenvalue weighted by Crippen LogP contribution is -1.96. The highest BCUT2D eigenvalue weighted by Crippen LogP contribution is 2.16. The zero-order valence-electron chi connectivity index (χ0n) is 7.46. The van der Waals surface area contributed by atoms with Crippen LogP contribution in [0.2, 0.25) is 0 Å². The van der Waals surface area contributed by atoms with Crippen molar-refractivity contribution in [2.24, 2.45) is 10.9 Å². The Bertz CT molecular complexity index is 221. The van der Waals surface area contributed by atoms with Crippen molar-refractivity contribution < 1.29 is 0 Å². The molecule has 1 aliphatic rings. The molecule has 0 radical (unpaired) electrons. The Labute approximate surface area is 68.5 Å². The molecule has 0 aromatic carbocycles. The van der Waals surface area contributed by atoms with E-state index in [2.05, 4.69) is 31.0 Å². The average Bonchev–Trinajstić information content (AvgIpc) is 1.98. The van der Waals surface area contributed by atoms with Crippen LogP contribution in [0.5, 0.6) is 0 Å². The molecule has 0 aliphatic carbocycles. The summed E-state index contributed by atoms with van der Waals surface area (Å²) in [6, 6.07) is 0. The summed E-state index contributed by atoms with van der Waals surface area (Å²) < 4.78 is 0. The number of hydrogen-bond acceptors (Lipinski definition) is 1. The minimum atomic E-state index is 0.664. The maximum Gasteiger partial charge on any atom is 0.0333 e. The first-order valence-electron chi connectivity index (χ1n) is 4.08. The average molecular weight is 149 g/mol. The van der Waals surface area contributed by atoms with E-state index in [1.54, 1.807) is 0 Å². The fraction of sp³-hybridized carbons (Fsp3) is 0.500. The smallest absolute Gasteiger partial charge is 0.0333 e. The molecule has 0 fully saturated rings. The van der Waals surface area contributed by atoms with Crippen LogP contribution >= 0.6 is 0 Å². The van der Waals surface area contributed by atoms with E-state index >= 15 is 0 Å². The van der Waals surface area contributed by atoms with Crippen LogP contribution < -0.4 is 0 Å². The second-order valence-corrected chi connectivity index (χ2v) is 3.17. The lowest BCUT2D eigenvalue weighted by molar-refractivity contribution is 0.691. The molecule has 1 aliphatic heterocycles. The quantitative estimate of drug-likeness (QED) is 0.502. The third-order valence-electron chi connectivity index (χ3n) is 2.16. The Morgan fingerprint density at radius 1 is 1.45 bits per heavy atom. The van der Waals surface area contributed by atoms with Crippen LogP contribution in [0.25, 0.3) is 0 Å². The van der Waals surface area contributed by atoms with Crippen molar-refractivity contribution in [1.82, 2.24) is 0 Å². The van der Waals surface area contributed by atoms with Gasteiger partial charge in [-0.05, 0) is 32.3 Å². The predicted octanol–water partition coefficient (Wildman–Crippen LogP) is 2.95. The highest BCUT2D eigenvalue weighted by molar-refractivity contribution is 5.73. The summed E-state index contributed by atoms with van der Waals surface area (Å²) in [7, 11) is 0. The van der Waals surface area contributed by atoms with Gasteiger partial charge in [0.05, 0.1) is 0 Å². The Morgan fingerprint density at radius 2 is 2.18 bits per heavy atom. The van der Waals surface area contributed by atoms with Gasteiger partial charge in [0.2, 0.25) is 0 Å². The second kappa shape index (κ2) is 3.51. The topological polar surface area (TPSA) is 12.4 Å². The Kier molecular flexibility index (Phi) is 2.64. The van der Waals surface area contributed by atoms with Crippen LogP contribution in [-0.4, -0.2) is 6.21 Å². The molecule has 1 heteroatoms. The number of nitrogens with zero attached hydrogens (tertiary/aromatic N) is 1. The van der Waals surface area contributed by atoms with Crippen molar-refractivity contribution in [3.05, 3.63) is 23.4 Å². The number of allylic oxidation sites excluding steroid dienone is 4. The van der Waals surface area contributed by atoms with Gasteiger partial charge >= 0.3 is 0 Å². The van der Waals surface area contributed by atoms with E-state index in [9.17, 15) is 0 Å². The molecule has 0 amide bonds. The van der Waals surface area contributed by atoms with Gasteiger partial charge in [0.15, 0.2) is 0 Å². The lowest BCUT2D eigenvalue weighted by Gasteiger charge is -2.10. The van der Waals surface area contributed by atoms with Crippen LogP contribution in [0, 0.1) is 5.92 Å². The Morgan fingerprint density at radius 3 is 2.91 bits per heavy atom. The fourth-order valence-electron chi connectivity index (χ4n) is 1.02. The van der Waals surface area contributed by atoms with Gasteiger partial charge in [0.25, 0.3) is 0 Å². The van der Waals surface area contributed by atoms with Crippen LogP contribution in [-0.2, 0) is 0 Å². The zero-order chi connectivity index (χ0) is 8.27. The van der Waals surface area contributed by atoms with Crippen LogP contribution in [0.3, 0.4) is 0 Å². The Hall–Kier alpha value is -0.850. The van der Waals surface area contributed by atoms with Crippen molar-refractivity contribution >= 4 is 6.21 Å². The van der Waals surface area contributed by atoms with Crippen LogP contribution in [0.1, 0.15) is 27.2 Å². The molecule has 0 saturated carbocycles. The highest BCUT2D eigenvalue weighted by Gasteiger charge is 2.02. The molecule has 11 heavy (non-hydrogen) atoms. The van der Waals surface area contributed by atoms with Gasteiger partial charge < -0.3 is 0 Å². The van der Waals surface area contributed by atoms with E-state index in [0.717, 1.165) is 12.1 Å². The predicted molar refractivity (Wildman–Crippen MR) is 49.8 cm³/mol. The normalized spacial score (nSPS) is 37.5. The van der Waals surface area contributed by atoms with Crippen molar-refractivity contribution in [2.75, 3.05) is 0 Å². The number of aliphatic imine (C=N–C) groups is 1. The standard InChI is InChI=1S/C10H15N/c1-8-4-5-10(3)11-7-6-9(8)2/h5-8H,4H2,1-3H3/b9-6-,10-5+,11-7+. The lowest BCUT2D eigenvalue weighted by atomic mass is 9.98. The number of hydrogen-bond donors (Lipinski definition) is 0. The Balaban J connectivity index is 2.81. The first-order chi connectivity index (χ1) is 5.20. The number of rotatable bonds is 0. The maximum absolute atomic E-state index is 4.23. The molecule has 0 aromatic rings. The van der Waals surface area contributed by atoms with Crippen LogP contribution in [0.4, 0.5) is 0 Å². The molecule has 0 saturated heterocycles. The molecule has 1 unspecified atom stereocenters. The van der Waals surface area contributed by atoms with Gasteiger partial charge in [0.1, 0.15) is 0 Å². The first-order valence-corrected chi connectivity index (χ1v) is 4.08. The van der Waals surface area contributed by atoms with Crippen molar-refractivity contribution in [2.45, 2.75) is 27.2 Å². The van der Waals surface area contributed by atoms with Gasteiger partial charge in [-0.3, -0.25) is 4.99 Å². The summed E-state index contributed by atoms with van der Waals surface area (Å²) in [5.74, 6) is 0.664. The van der Waals surface area contributed by atoms with E-state index in [1.807, 2.05) is 13.1 Å². The third kappa shape index (κ3) is 2.34. The minimum Gasteiger partial charge on any atom is -0.262 e. The van der Waals surface area contributed by atoms with E-state index in [1.165, 1.54) is 5.57 Å². The summed E-state index contributed by atoms with van der Waals surface area (Å²) >= 11 is 0. The van der Waals surface area contributed by atoms with Gasteiger partial charge in [-0.25, -0.2) is 0 Å². The van der Waals surface area contributed by atoms with Crippen molar-refractivity contribution in [1.29, 1.82) is 0 Å². The van der Waals surface area contributed by atoms with E-state index in [-0.39, 0.29) is 0 Å². The van der Waals surface area contributed by atoms with E-state index in [4.69, 9.17) is 0 Å². The third-order valence-corrected chi connectivity index (χ3v) is 2.16. The zero-order valence-corrected chi connectivity index (χ0v) is 7.46. The van der Waals surface area contributed by atoms with Crippen LogP contribution in [0.15, 0.2) is 28.4 Å². The molecule has 1 atom stereocenters. The summed E-state index contributed by atoms with van der Waals surface area (Å²) in [5, 5.41) is 0. The van der Waals surface area contributed by atoms with Crippen molar-refractivity contribution in [3.63, 3.8) is 0 Å². The molecule has 0 aromatic heterocycles. The highest BCUT2D eigenvalue weighted by atomic mass is 14.7. The largest absolute Gasteiger partial charge is 0.262 e. The molecule has 60 valence electrons. The second-order valence-electron chi connectivity index (χ2n) is 3.17. The molecule has 1 nitrogen and oxygen atoms in total. The van der Waals surface area contributed by atoms with E-state index < -0.39 is 0 Å². The van der Waals surface area contributed by atoms with Crippen molar-refractivity contribution in [3.8, 4) is 0 Å². The molecule has 0 bridgehead atoms. The summed E-state index contributed by atoms with van der Waals surface area (Å²) in [6.45, 7) is 6.44. The van der Waals surface area contributed by atoms with Gasteiger partial charge in [-0.2, -0.15) is 0 Å². The van der Waals surface area contributed by atoms with Gasteiger partial charge in [-0.15, -0.1) is 0 Å². The van der Waals surface area contributed by atoms with E-state index in [0.29, 0.717) is 5.92 Å². The molecular weight excluding hydrogens is 134 g/mol. The fourth-order valence-corrected chi connectivity index (χ4v) is 1.02. The molecule has 0 spiro atoms. The minimum absolute atomic E-state index is 0.664. The van der Waals surface area contributed by atoms with Gasteiger partial charge in [0, 0.05) is 11.9 Å². The molecule has 0 N–H and O–H groups in total. The SMILES string of the molecule is C/C1=C/C=N/C(C)=C/CC1C. The molecular formula is C10H15N. The summed E-state index contributed by atoms with van der Waals surface area (Å²) in [4.78, 5) is 4.23. The monoisotopic (exact) mass is 149 g/mol. The summed E-state index contributed by atoms with van der Waals surface area (Å²) in [6.07, 6.45) is 7.29. The first kappa shape index (κ1) is 8.25. The molecule has 1 rings (SSSR count).